The average Bonchev–Trinajstić information content (AvgIpc) is 2.19. The molecule has 0 aliphatic carbocycles. The second kappa shape index (κ2) is 5.78. The van der Waals surface area contributed by atoms with Gasteiger partial charge in [0.15, 0.2) is 0 Å². The van der Waals surface area contributed by atoms with Crippen LogP contribution in [0.5, 0.6) is 0 Å². The molecule has 0 fully saturated rings. The molecule has 0 aromatic heterocycles. The normalized spacial score (nSPS) is 11.7. The summed E-state index contributed by atoms with van der Waals surface area (Å²) in [7, 11) is 1.64. The molecule has 0 heterocycles. The molecule has 0 spiro atoms. The average molecular weight is 257 g/mol. The first-order valence-corrected chi connectivity index (χ1v) is 5.08. The molecule has 4 heteroatoms. The molecule has 0 amide bonds. The molecule has 3 nitrogen and oxygen atoms in total. The topological polar surface area (TPSA) is 47.6 Å². The molecule has 0 unspecified atom stereocenters. The van der Waals surface area contributed by atoms with E-state index in [4.69, 9.17) is 10.5 Å². The van der Waals surface area contributed by atoms with Gasteiger partial charge in [0.25, 0.3) is 0 Å². The van der Waals surface area contributed by atoms with Gasteiger partial charge in [-0.3, -0.25) is 4.99 Å². The molecular weight excluding hydrogens is 244 g/mol. The van der Waals surface area contributed by atoms with Crippen LogP contribution >= 0.6 is 15.9 Å². The number of hydrogen-bond donors (Lipinski definition) is 1. The molecule has 0 aliphatic rings. The summed E-state index contributed by atoms with van der Waals surface area (Å²) in [6, 6.07) is 7.73. The maximum Gasteiger partial charge on any atom is 0.125 e. The summed E-state index contributed by atoms with van der Waals surface area (Å²) in [5.41, 5.74) is 6.70. The van der Waals surface area contributed by atoms with Gasteiger partial charge in [0.05, 0.1) is 13.2 Å². The Hall–Kier alpha value is -0.870. The SMILES string of the molecule is COCCN=C(N)c1ccc(Br)cc1. The van der Waals surface area contributed by atoms with E-state index in [1.165, 1.54) is 0 Å². The Labute approximate surface area is 92.1 Å². The number of methoxy groups -OCH3 is 1. The largest absolute Gasteiger partial charge is 0.384 e. The van der Waals surface area contributed by atoms with Crippen LogP contribution in [0.15, 0.2) is 33.7 Å². The lowest BCUT2D eigenvalue weighted by Crippen LogP contribution is -2.14. The van der Waals surface area contributed by atoms with Crippen LogP contribution in [0, 0.1) is 0 Å². The minimum Gasteiger partial charge on any atom is -0.384 e. The number of benzene rings is 1. The second-order valence-electron chi connectivity index (χ2n) is 2.77. The van der Waals surface area contributed by atoms with Crippen molar-refractivity contribution in [1.29, 1.82) is 0 Å². The highest BCUT2D eigenvalue weighted by Gasteiger charge is 1.96. The Morgan fingerprint density at radius 1 is 1.43 bits per heavy atom. The monoisotopic (exact) mass is 256 g/mol. The van der Waals surface area contributed by atoms with E-state index in [9.17, 15) is 0 Å². The molecule has 0 saturated carbocycles. The van der Waals surface area contributed by atoms with Crippen LogP contribution in [0.1, 0.15) is 5.56 Å². The number of halogens is 1. The number of ether oxygens (including phenoxy) is 1. The minimum atomic E-state index is 0.551. The number of hydrogen-bond acceptors (Lipinski definition) is 2. The summed E-state index contributed by atoms with van der Waals surface area (Å²) >= 11 is 3.36. The Kier molecular flexibility index (Phi) is 4.62. The molecule has 0 bridgehead atoms. The third-order valence-corrected chi connectivity index (χ3v) is 2.25. The van der Waals surface area contributed by atoms with Crippen LogP contribution in [-0.2, 0) is 4.74 Å². The van der Waals surface area contributed by atoms with Crippen LogP contribution in [0.4, 0.5) is 0 Å². The number of aliphatic imine (C=N–C) groups is 1. The number of nitrogens with zero attached hydrogens (tertiary/aromatic N) is 1. The smallest absolute Gasteiger partial charge is 0.125 e. The third kappa shape index (κ3) is 3.47. The van der Waals surface area contributed by atoms with Crippen LogP contribution in [0.2, 0.25) is 0 Å². The summed E-state index contributed by atoms with van der Waals surface area (Å²) < 4.78 is 5.91. The fourth-order valence-electron chi connectivity index (χ4n) is 0.969. The van der Waals surface area contributed by atoms with E-state index in [0.717, 1.165) is 10.0 Å². The lowest BCUT2D eigenvalue weighted by atomic mass is 10.2. The molecule has 0 aliphatic heterocycles. The molecule has 1 rings (SSSR count). The van der Waals surface area contributed by atoms with Crippen molar-refractivity contribution in [2.75, 3.05) is 20.3 Å². The first kappa shape index (κ1) is 11.2. The maximum atomic E-state index is 5.76. The Morgan fingerprint density at radius 2 is 2.07 bits per heavy atom. The lowest BCUT2D eigenvalue weighted by Gasteiger charge is -2.00. The van der Waals surface area contributed by atoms with Crippen molar-refractivity contribution in [1.82, 2.24) is 0 Å². The van der Waals surface area contributed by atoms with E-state index < -0.39 is 0 Å². The molecule has 1 aromatic rings. The van der Waals surface area contributed by atoms with Gasteiger partial charge in [-0.2, -0.15) is 0 Å². The second-order valence-corrected chi connectivity index (χ2v) is 3.68. The highest BCUT2D eigenvalue weighted by atomic mass is 79.9. The van der Waals surface area contributed by atoms with Crippen LogP contribution in [-0.4, -0.2) is 26.1 Å². The summed E-state index contributed by atoms with van der Waals surface area (Å²) in [5.74, 6) is 0.551. The molecule has 0 atom stereocenters. The number of rotatable bonds is 4. The van der Waals surface area contributed by atoms with Gasteiger partial charge in [-0.15, -0.1) is 0 Å². The zero-order chi connectivity index (χ0) is 10.4. The first-order valence-electron chi connectivity index (χ1n) is 4.29. The van der Waals surface area contributed by atoms with Crippen molar-refractivity contribution in [3.63, 3.8) is 0 Å². The van der Waals surface area contributed by atoms with Gasteiger partial charge in [-0.25, -0.2) is 0 Å². The Bertz CT molecular complexity index is 308. The zero-order valence-electron chi connectivity index (χ0n) is 8.03. The molecular formula is C10H13BrN2O. The summed E-state index contributed by atoms with van der Waals surface area (Å²) in [4.78, 5) is 4.17. The predicted octanol–water partition coefficient (Wildman–Crippen LogP) is 1.80. The predicted molar refractivity (Wildman–Crippen MR) is 61.6 cm³/mol. The van der Waals surface area contributed by atoms with Crippen molar-refractivity contribution in [3.8, 4) is 0 Å². The zero-order valence-corrected chi connectivity index (χ0v) is 9.62. The number of amidine groups is 1. The van der Waals surface area contributed by atoms with Gasteiger partial charge in [-0.05, 0) is 12.1 Å². The third-order valence-electron chi connectivity index (χ3n) is 1.72. The van der Waals surface area contributed by atoms with E-state index in [1.54, 1.807) is 7.11 Å². The van der Waals surface area contributed by atoms with E-state index in [1.807, 2.05) is 24.3 Å². The first-order chi connectivity index (χ1) is 6.74. The Morgan fingerprint density at radius 3 is 2.64 bits per heavy atom. The summed E-state index contributed by atoms with van der Waals surface area (Å²) in [6.07, 6.45) is 0. The van der Waals surface area contributed by atoms with E-state index in [0.29, 0.717) is 19.0 Å². The van der Waals surface area contributed by atoms with Gasteiger partial charge in [-0.1, -0.05) is 28.1 Å². The van der Waals surface area contributed by atoms with Gasteiger partial charge in [0.2, 0.25) is 0 Å². The van der Waals surface area contributed by atoms with Crippen molar-refractivity contribution in [2.24, 2.45) is 10.7 Å². The maximum absolute atomic E-state index is 5.76. The van der Waals surface area contributed by atoms with Crippen LogP contribution in [0.25, 0.3) is 0 Å². The fraction of sp³-hybridized carbons (Fsp3) is 0.300. The van der Waals surface area contributed by atoms with Gasteiger partial charge in [0, 0.05) is 17.1 Å². The minimum absolute atomic E-state index is 0.551. The van der Waals surface area contributed by atoms with E-state index in [-0.39, 0.29) is 0 Å². The highest BCUT2D eigenvalue weighted by Crippen LogP contribution is 2.10. The van der Waals surface area contributed by atoms with Gasteiger partial charge in [0.1, 0.15) is 5.84 Å². The molecule has 0 radical (unpaired) electrons. The van der Waals surface area contributed by atoms with Crippen molar-refractivity contribution < 1.29 is 4.74 Å². The van der Waals surface area contributed by atoms with E-state index >= 15 is 0 Å². The van der Waals surface area contributed by atoms with Gasteiger partial charge >= 0.3 is 0 Å². The van der Waals surface area contributed by atoms with Crippen molar-refractivity contribution >= 4 is 21.8 Å². The molecule has 2 N–H and O–H groups in total. The Balaban J connectivity index is 2.64. The lowest BCUT2D eigenvalue weighted by molar-refractivity contribution is 0.208. The summed E-state index contributed by atoms with van der Waals surface area (Å²) in [5, 5.41) is 0. The van der Waals surface area contributed by atoms with E-state index in [2.05, 4.69) is 20.9 Å². The van der Waals surface area contributed by atoms with Gasteiger partial charge < -0.3 is 10.5 Å². The molecule has 0 saturated heterocycles. The number of nitrogens with two attached hydrogens (primary N) is 1. The van der Waals surface area contributed by atoms with Crippen molar-refractivity contribution in [2.45, 2.75) is 0 Å². The fourth-order valence-corrected chi connectivity index (χ4v) is 1.23. The molecule has 1 aromatic carbocycles. The quantitative estimate of drug-likeness (QED) is 0.508. The van der Waals surface area contributed by atoms with Crippen LogP contribution < -0.4 is 5.73 Å². The standard InChI is InChI=1S/C10H13BrN2O/c1-14-7-6-13-10(12)8-2-4-9(11)5-3-8/h2-5H,6-7H2,1H3,(H2,12,13). The highest BCUT2D eigenvalue weighted by molar-refractivity contribution is 9.10. The van der Waals surface area contributed by atoms with Crippen LogP contribution in [0.3, 0.4) is 0 Å². The molecule has 14 heavy (non-hydrogen) atoms. The molecule has 76 valence electrons. The summed E-state index contributed by atoms with van der Waals surface area (Å²) in [6.45, 7) is 1.19. The van der Waals surface area contributed by atoms with Crippen molar-refractivity contribution in [3.05, 3.63) is 34.3 Å².